The molecule has 0 radical (unpaired) electrons. The van der Waals surface area contributed by atoms with Gasteiger partial charge in [-0.1, -0.05) is 12.1 Å². The van der Waals surface area contributed by atoms with E-state index in [0.717, 1.165) is 22.9 Å². The predicted octanol–water partition coefficient (Wildman–Crippen LogP) is 5.11. The van der Waals surface area contributed by atoms with E-state index in [1.165, 1.54) is 12.1 Å². The van der Waals surface area contributed by atoms with Crippen molar-refractivity contribution in [2.24, 2.45) is 0 Å². The Bertz CT molecular complexity index is 976. The molecule has 1 N–H and O–H groups in total. The highest BCUT2D eigenvalue weighted by Crippen LogP contribution is 2.31. The van der Waals surface area contributed by atoms with Gasteiger partial charge in [-0.15, -0.1) is 10.2 Å². The molecular formula is C16H8F3I2N3O. The number of anilines is 1. The number of carbonyl (C=O) groups is 1. The highest BCUT2D eigenvalue weighted by Gasteiger charge is 2.30. The van der Waals surface area contributed by atoms with Crippen molar-refractivity contribution in [1.29, 1.82) is 0 Å². The summed E-state index contributed by atoms with van der Waals surface area (Å²) in [5, 5.41) is 12.1. The first-order valence-electron chi connectivity index (χ1n) is 6.86. The van der Waals surface area contributed by atoms with Gasteiger partial charge >= 0.3 is 6.18 Å². The molecule has 1 aromatic heterocycles. The highest BCUT2D eigenvalue weighted by atomic mass is 127. The number of aromatic nitrogens is 2. The second-order valence-corrected chi connectivity index (χ2v) is 7.12. The molecule has 25 heavy (non-hydrogen) atoms. The molecule has 9 heteroatoms. The van der Waals surface area contributed by atoms with Gasteiger partial charge in [-0.2, -0.15) is 13.2 Å². The van der Waals surface area contributed by atoms with Crippen LogP contribution in [-0.2, 0) is 6.18 Å². The van der Waals surface area contributed by atoms with Crippen LogP contribution in [-0.4, -0.2) is 16.1 Å². The number of nitrogens with zero attached hydrogens (tertiary/aromatic N) is 2. The summed E-state index contributed by atoms with van der Waals surface area (Å²) in [6, 6.07) is 9.51. The molecular weight excluding hydrogens is 561 g/mol. The maximum absolute atomic E-state index is 12.8. The molecule has 3 aromatic rings. The Morgan fingerprint density at radius 3 is 2.32 bits per heavy atom. The molecule has 4 nitrogen and oxygen atoms in total. The van der Waals surface area contributed by atoms with Gasteiger partial charge in [0.1, 0.15) is 7.40 Å². The molecule has 0 saturated heterocycles. The fourth-order valence-corrected chi connectivity index (χ4v) is 3.34. The van der Waals surface area contributed by atoms with Crippen LogP contribution in [0.3, 0.4) is 0 Å². The van der Waals surface area contributed by atoms with Gasteiger partial charge in [0, 0.05) is 22.0 Å². The Labute approximate surface area is 167 Å². The Morgan fingerprint density at radius 1 is 0.960 bits per heavy atom. The van der Waals surface area contributed by atoms with Gasteiger partial charge in [0.15, 0.2) is 0 Å². The summed E-state index contributed by atoms with van der Waals surface area (Å²) >= 11 is 4.07. The van der Waals surface area contributed by atoms with Crippen LogP contribution in [0.5, 0.6) is 0 Å². The number of hydrogen-bond donors (Lipinski definition) is 1. The summed E-state index contributed by atoms with van der Waals surface area (Å²) in [5.74, 6) is -0.496. The Morgan fingerprint density at radius 2 is 1.64 bits per heavy atom. The smallest absolute Gasteiger partial charge is 0.322 e. The molecule has 128 valence electrons. The average molecular weight is 569 g/mol. The third-order valence-electron chi connectivity index (χ3n) is 3.40. The minimum Gasteiger partial charge on any atom is -0.322 e. The lowest BCUT2D eigenvalue weighted by molar-refractivity contribution is -0.137. The molecule has 3 rings (SSSR count). The van der Waals surface area contributed by atoms with Crippen molar-refractivity contribution in [1.82, 2.24) is 10.2 Å². The van der Waals surface area contributed by atoms with Crippen LogP contribution in [0.2, 0.25) is 0 Å². The SMILES string of the molecule is O=C(Nc1cccc(C(F)(F)F)c1)c1ccc2c(I)nnc(I)c2c1. The zero-order chi connectivity index (χ0) is 18.2. The summed E-state index contributed by atoms with van der Waals surface area (Å²) in [5.41, 5.74) is -0.410. The number of hydrogen-bond acceptors (Lipinski definition) is 3. The molecule has 1 heterocycles. The summed E-state index contributed by atoms with van der Waals surface area (Å²) < 4.78 is 39.6. The highest BCUT2D eigenvalue weighted by molar-refractivity contribution is 14.1. The lowest BCUT2D eigenvalue weighted by Gasteiger charge is -2.10. The van der Waals surface area contributed by atoms with Crippen molar-refractivity contribution in [2.75, 3.05) is 5.32 Å². The fourth-order valence-electron chi connectivity index (χ4n) is 2.21. The predicted molar refractivity (Wildman–Crippen MR) is 104 cm³/mol. The first kappa shape index (κ1) is 18.3. The third kappa shape index (κ3) is 4.02. The lowest BCUT2D eigenvalue weighted by atomic mass is 10.1. The minimum atomic E-state index is -4.46. The first-order chi connectivity index (χ1) is 11.8. The molecule has 0 fully saturated rings. The fraction of sp³-hybridized carbons (Fsp3) is 0.0625. The topological polar surface area (TPSA) is 54.9 Å². The van der Waals surface area contributed by atoms with E-state index >= 15 is 0 Å². The van der Waals surface area contributed by atoms with E-state index in [0.29, 0.717) is 13.0 Å². The van der Waals surface area contributed by atoms with Gasteiger partial charge in [0.05, 0.1) is 5.56 Å². The van der Waals surface area contributed by atoms with E-state index in [-0.39, 0.29) is 5.69 Å². The van der Waals surface area contributed by atoms with Crippen LogP contribution in [0.25, 0.3) is 10.8 Å². The summed E-state index contributed by atoms with van der Waals surface area (Å²) in [6.45, 7) is 0. The molecule has 0 atom stereocenters. The zero-order valence-electron chi connectivity index (χ0n) is 12.2. The van der Waals surface area contributed by atoms with Gasteiger partial charge < -0.3 is 5.32 Å². The molecule has 0 unspecified atom stereocenters. The van der Waals surface area contributed by atoms with Crippen molar-refractivity contribution in [3.63, 3.8) is 0 Å². The maximum atomic E-state index is 12.8. The Hall–Kier alpha value is -1.50. The van der Waals surface area contributed by atoms with Crippen molar-refractivity contribution in [2.45, 2.75) is 6.18 Å². The van der Waals surface area contributed by atoms with Gasteiger partial charge in [-0.25, -0.2) is 0 Å². The number of benzene rings is 2. The van der Waals surface area contributed by atoms with Gasteiger partial charge in [-0.3, -0.25) is 4.79 Å². The number of alkyl halides is 3. The molecule has 0 aliphatic heterocycles. The minimum absolute atomic E-state index is 0.0806. The van der Waals surface area contributed by atoms with E-state index in [1.807, 2.05) is 45.2 Å². The number of amides is 1. The molecule has 0 saturated carbocycles. The van der Waals surface area contributed by atoms with E-state index in [9.17, 15) is 18.0 Å². The first-order valence-corrected chi connectivity index (χ1v) is 9.01. The second-order valence-electron chi connectivity index (χ2n) is 5.07. The van der Waals surface area contributed by atoms with Crippen LogP contribution < -0.4 is 5.32 Å². The van der Waals surface area contributed by atoms with Gasteiger partial charge in [0.2, 0.25) is 0 Å². The number of halogens is 5. The van der Waals surface area contributed by atoms with Crippen LogP contribution in [0.1, 0.15) is 15.9 Å². The van der Waals surface area contributed by atoms with Gasteiger partial charge in [-0.05, 0) is 75.5 Å². The number of rotatable bonds is 2. The largest absolute Gasteiger partial charge is 0.416 e. The van der Waals surface area contributed by atoms with Crippen LogP contribution in [0, 0.1) is 7.40 Å². The number of nitrogens with one attached hydrogen (secondary N) is 1. The summed E-state index contributed by atoms with van der Waals surface area (Å²) in [7, 11) is 0. The van der Waals surface area contributed by atoms with Crippen LogP contribution in [0.15, 0.2) is 42.5 Å². The van der Waals surface area contributed by atoms with E-state index in [1.54, 1.807) is 18.2 Å². The Kier molecular flexibility index (Phi) is 5.14. The number of fused-ring (bicyclic) bond motifs is 1. The second kappa shape index (κ2) is 7.02. The van der Waals surface area contributed by atoms with Crippen molar-refractivity contribution in [3.05, 3.63) is 61.0 Å². The normalized spacial score (nSPS) is 11.6. The van der Waals surface area contributed by atoms with E-state index < -0.39 is 17.6 Å². The monoisotopic (exact) mass is 569 g/mol. The standard InChI is InChI=1S/C16H8F3I2N3O/c17-16(18,19)9-2-1-3-10(7-9)22-15(25)8-4-5-11-12(6-8)14(21)24-23-13(11)20/h1-7H,(H,22,25). The molecule has 1 amide bonds. The third-order valence-corrected chi connectivity index (χ3v) is 4.99. The quantitative estimate of drug-likeness (QED) is 0.437. The van der Waals surface area contributed by atoms with Crippen molar-refractivity contribution >= 4 is 67.5 Å². The molecule has 0 bridgehead atoms. The maximum Gasteiger partial charge on any atom is 0.416 e. The molecule has 2 aromatic carbocycles. The zero-order valence-corrected chi connectivity index (χ0v) is 16.5. The van der Waals surface area contributed by atoms with Crippen LogP contribution in [0.4, 0.5) is 18.9 Å². The lowest BCUT2D eigenvalue weighted by Crippen LogP contribution is -2.13. The van der Waals surface area contributed by atoms with Gasteiger partial charge in [0.25, 0.3) is 5.91 Å². The van der Waals surface area contributed by atoms with Crippen molar-refractivity contribution < 1.29 is 18.0 Å². The average Bonchev–Trinajstić information content (AvgIpc) is 2.57. The van der Waals surface area contributed by atoms with E-state index in [2.05, 4.69) is 15.5 Å². The molecule has 0 spiro atoms. The number of carbonyl (C=O) groups excluding carboxylic acids is 1. The van der Waals surface area contributed by atoms with Crippen LogP contribution >= 0.6 is 45.2 Å². The summed E-state index contributed by atoms with van der Waals surface area (Å²) in [6.07, 6.45) is -4.46. The van der Waals surface area contributed by atoms with E-state index in [4.69, 9.17) is 0 Å². The molecule has 0 aliphatic carbocycles. The summed E-state index contributed by atoms with van der Waals surface area (Å²) in [4.78, 5) is 12.4. The molecule has 0 aliphatic rings. The van der Waals surface area contributed by atoms with Crippen molar-refractivity contribution in [3.8, 4) is 0 Å². The Balaban J connectivity index is 1.92.